The molecule has 0 saturated carbocycles. The van der Waals surface area contributed by atoms with Gasteiger partial charge in [-0.1, -0.05) is 11.6 Å². The number of halogens is 1. The van der Waals surface area contributed by atoms with Crippen LogP contribution < -0.4 is 19.5 Å². The van der Waals surface area contributed by atoms with Gasteiger partial charge < -0.3 is 19.5 Å². The van der Waals surface area contributed by atoms with Crippen LogP contribution in [0.15, 0.2) is 47.4 Å². The fourth-order valence-corrected chi connectivity index (χ4v) is 3.64. The molecular weight excluding hydrogens is 448 g/mol. The van der Waals surface area contributed by atoms with Crippen molar-refractivity contribution in [2.24, 2.45) is 0 Å². The van der Waals surface area contributed by atoms with Crippen LogP contribution in [0.25, 0.3) is 0 Å². The van der Waals surface area contributed by atoms with Gasteiger partial charge in [-0.25, -0.2) is 13.1 Å². The van der Waals surface area contributed by atoms with E-state index in [1.54, 1.807) is 24.3 Å². The van der Waals surface area contributed by atoms with Gasteiger partial charge in [0, 0.05) is 11.6 Å². The van der Waals surface area contributed by atoms with Crippen LogP contribution in [-0.4, -0.2) is 47.2 Å². The van der Waals surface area contributed by atoms with Gasteiger partial charge in [0.1, 0.15) is 11.5 Å². The highest BCUT2D eigenvalue weighted by Crippen LogP contribution is 2.27. The lowest BCUT2D eigenvalue weighted by molar-refractivity contribution is -0.147. The van der Waals surface area contributed by atoms with Crippen LogP contribution in [0.4, 0.5) is 5.69 Å². The predicted molar refractivity (Wildman–Crippen MR) is 115 cm³/mol. The number of hydrogen-bond donors (Lipinski definition) is 2. The number of methoxy groups -OCH3 is 1. The van der Waals surface area contributed by atoms with Crippen LogP contribution in [0.5, 0.6) is 11.5 Å². The quantitative estimate of drug-likeness (QED) is 0.484. The van der Waals surface area contributed by atoms with Crippen LogP contribution in [0.3, 0.4) is 0 Å². The van der Waals surface area contributed by atoms with E-state index >= 15 is 0 Å². The number of anilines is 1. The molecule has 0 aliphatic rings. The molecule has 2 aromatic rings. The van der Waals surface area contributed by atoms with Crippen LogP contribution in [0.2, 0.25) is 5.02 Å². The molecule has 0 aliphatic carbocycles. The van der Waals surface area contributed by atoms with Crippen LogP contribution in [0, 0.1) is 0 Å². The minimum Gasteiger partial charge on any atom is -0.495 e. The molecule has 2 rings (SSSR count). The summed E-state index contributed by atoms with van der Waals surface area (Å²) in [7, 11) is -2.35. The molecule has 9 nitrogen and oxygen atoms in total. The SMILES string of the molecule is CCOc1ccc(S(=O)(=O)NCCC(=O)OCC(=O)Nc2cc(Cl)ccc2OC)cc1. The van der Waals surface area contributed by atoms with Gasteiger partial charge in [0.25, 0.3) is 5.91 Å². The van der Waals surface area contributed by atoms with E-state index in [9.17, 15) is 18.0 Å². The third-order valence-corrected chi connectivity index (χ3v) is 5.58. The number of esters is 1. The summed E-state index contributed by atoms with van der Waals surface area (Å²) in [5.74, 6) is -0.377. The number of sulfonamides is 1. The summed E-state index contributed by atoms with van der Waals surface area (Å²) in [6.45, 7) is 1.57. The van der Waals surface area contributed by atoms with Gasteiger partial charge in [-0.15, -0.1) is 0 Å². The molecular formula is C20H23ClN2O7S. The fraction of sp³-hybridized carbons (Fsp3) is 0.300. The van der Waals surface area contributed by atoms with Crippen LogP contribution >= 0.6 is 11.6 Å². The maximum absolute atomic E-state index is 12.2. The predicted octanol–water partition coefficient (Wildman–Crippen LogP) is 2.60. The second kappa shape index (κ2) is 11.5. The van der Waals surface area contributed by atoms with E-state index in [1.807, 2.05) is 6.92 Å². The maximum Gasteiger partial charge on any atom is 0.307 e. The Labute approximate surface area is 185 Å². The molecule has 0 aromatic heterocycles. The molecule has 0 saturated heterocycles. The van der Waals surface area contributed by atoms with E-state index in [4.69, 9.17) is 25.8 Å². The Morgan fingerprint density at radius 1 is 1.10 bits per heavy atom. The summed E-state index contributed by atoms with van der Waals surface area (Å²) in [6, 6.07) is 10.6. The van der Waals surface area contributed by atoms with Crippen molar-refractivity contribution in [3.05, 3.63) is 47.5 Å². The molecule has 11 heteroatoms. The van der Waals surface area contributed by atoms with E-state index in [1.165, 1.54) is 25.3 Å². The molecule has 0 radical (unpaired) electrons. The number of ether oxygens (including phenoxy) is 3. The lowest BCUT2D eigenvalue weighted by Gasteiger charge is -2.11. The van der Waals surface area contributed by atoms with Gasteiger partial charge in [-0.05, 0) is 49.4 Å². The molecule has 2 aromatic carbocycles. The number of rotatable bonds is 11. The monoisotopic (exact) mass is 470 g/mol. The number of benzene rings is 2. The van der Waals surface area contributed by atoms with Crippen molar-refractivity contribution in [2.75, 3.05) is 32.2 Å². The Morgan fingerprint density at radius 2 is 1.81 bits per heavy atom. The third-order valence-electron chi connectivity index (χ3n) is 3.87. The highest BCUT2D eigenvalue weighted by Gasteiger charge is 2.16. The largest absolute Gasteiger partial charge is 0.495 e. The standard InChI is InChI=1S/C20H23ClN2O7S/c1-3-29-15-5-7-16(8-6-15)31(26,27)22-11-10-20(25)30-13-19(24)23-17-12-14(21)4-9-18(17)28-2/h4-9,12,22H,3,10-11,13H2,1-2H3,(H,23,24). The van der Waals surface area contributed by atoms with Crippen LogP contribution in [0.1, 0.15) is 13.3 Å². The molecule has 0 fully saturated rings. The summed E-state index contributed by atoms with van der Waals surface area (Å²) in [4.78, 5) is 23.8. The van der Waals surface area contributed by atoms with Crippen molar-refractivity contribution < 1.29 is 32.2 Å². The molecule has 1 amide bonds. The maximum atomic E-state index is 12.2. The fourth-order valence-electron chi connectivity index (χ4n) is 2.43. The Hall–Kier alpha value is -2.82. The Balaban J connectivity index is 1.77. The van der Waals surface area contributed by atoms with Gasteiger partial charge in [0.2, 0.25) is 10.0 Å². The number of nitrogens with one attached hydrogen (secondary N) is 2. The molecule has 0 atom stereocenters. The van der Waals surface area contributed by atoms with Crippen LogP contribution in [-0.2, 0) is 24.3 Å². The first-order valence-corrected chi connectivity index (χ1v) is 11.1. The van der Waals surface area contributed by atoms with E-state index in [0.29, 0.717) is 28.8 Å². The zero-order valence-corrected chi connectivity index (χ0v) is 18.6. The molecule has 0 heterocycles. The molecule has 0 spiro atoms. The van der Waals surface area contributed by atoms with E-state index < -0.39 is 28.5 Å². The number of amides is 1. The lowest BCUT2D eigenvalue weighted by Crippen LogP contribution is -2.28. The first kappa shape index (κ1) is 24.4. The summed E-state index contributed by atoms with van der Waals surface area (Å²) in [5.41, 5.74) is 0.333. The average Bonchev–Trinajstić information content (AvgIpc) is 2.73. The summed E-state index contributed by atoms with van der Waals surface area (Å²) >= 11 is 5.89. The number of carbonyl (C=O) groups excluding carboxylic acids is 2. The minimum absolute atomic E-state index is 0.0409. The average molecular weight is 471 g/mol. The van der Waals surface area contributed by atoms with Gasteiger partial charge in [-0.2, -0.15) is 0 Å². The molecule has 2 N–H and O–H groups in total. The first-order chi connectivity index (χ1) is 14.7. The van der Waals surface area contributed by atoms with Crippen molar-refractivity contribution in [3.63, 3.8) is 0 Å². The Morgan fingerprint density at radius 3 is 2.45 bits per heavy atom. The Kier molecular flexibility index (Phi) is 9.10. The molecule has 0 unspecified atom stereocenters. The van der Waals surface area contributed by atoms with Crippen molar-refractivity contribution in [1.29, 1.82) is 0 Å². The summed E-state index contributed by atoms with van der Waals surface area (Å²) < 4.78 is 42.0. The second-order valence-corrected chi connectivity index (χ2v) is 8.31. The van der Waals surface area contributed by atoms with Gasteiger partial charge >= 0.3 is 5.97 Å². The summed E-state index contributed by atoms with van der Waals surface area (Å²) in [6.07, 6.45) is -0.246. The number of hydrogen-bond acceptors (Lipinski definition) is 7. The first-order valence-electron chi connectivity index (χ1n) is 9.26. The van der Waals surface area contributed by atoms with Gasteiger partial charge in [-0.3, -0.25) is 9.59 Å². The zero-order valence-electron chi connectivity index (χ0n) is 17.0. The molecule has 0 bridgehead atoms. The van der Waals surface area contributed by atoms with E-state index in [2.05, 4.69) is 10.0 Å². The van der Waals surface area contributed by atoms with Crippen molar-refractivity contribution in [3.8, 4) is 11.5 Å². The van der Waals surface area contributed by atoms with E-state index in [-0.39, 0.29) is 17.9 Å². The topological polar surface area (TPSA) is 120 Å². The Bertz CT molecular complexity index is 1010. The molecule has 31 heavy (non-hydrogen) atoms. The van der Waals surface area contributed by atoms with Crippen molar-refractivity contribution >= 4 is 39.2 Å². The van der Waals surface area contributed by atoms with Gasteiger partial charge in [0.15, 0.2) is 6.61 Å². The number of carbonyl (C=O) groups is 2. The summed E-state index contributed by atoms with van der Waals surface area (Å²) in [5, 5.41) is 2.92. The second-order valence-electron chi connectivity index (χ2n) is 6.11. The molecule has 0 aliphatic heterocycles. The lowest BCUT2D eigenvalue weighted by atomic mass is 10.3. The van der Waals surface area contributed by atoms with Crippen molar-refractivity contribution in [2.45, 2.75) is 18.2 Å². The van der Waals surface area contributed by atoms with E-state index in [0.717, 1.165) is 0 Å². The highest BCUT2D eigenvalue weighted by atomic mass is 35.5. The smallest absolute Gasteiger partial charge is 0.307 e. The van der Waals surface area contributed by atoms with Gasteiger partial charge in [0.05, 0.1) is 30.7 Å². The molecule has 168 valence electrons. The van der Waals surface area contributed by atoms with Crippen molar-refractivity contribution in [1.82, 2.24) is 4.72 Å². The highest BCUT2D eigenvalue weighted by molar-refractivity contribution is 7.89. The normalized spacial score (nSPS) is 10.9. The third kappa shape index (κ3) is 7.74. The zero-order chi connectivity index (χ0) is 22.9. The minimum atomic E-state index is -3.79.